The number of amides is 1. The highest BCUT2D eigenvalue weighted by atomic mass is 16.5. The normalized spacial score (nSPS) is 38.5. The van der Waals surface area contributed by atoms with Gasteiger partial charge in [-0.05, 0) is 13.3 Å². The van der Waals surface area contributed by atoms with Gasteiger partial charge in [-0.25, -0.2) is 0 Å². The van der Waals surface area contributed by atoms with Crippen LogP contribution in [0.5, 0.6) is 0 Å². The first-order valence-electron chi connectivity index (χ1n) is 5.66. The molecule has 4 heteroatoms. The number of ether oxygens (including phenoxy) is 1. The number of rotatable bonds is 3. The highest BCUT2D eigenvalue weighted by molar-refractivity contribution is 5.88. The lowest BCUT2D eigenvalue weighted by atomic mass is 9.63. The van der Waals surface area contributed by atoms with Gasteiger partial charge in [0, 0.05) is 24.6 Å². The first kappa shape index (κ1) is 10.9. The molecular formula is C11H20N2O2. The highest BCUT2D eigenvalue weighted by Gasteiger charge is 2.55. The standard InChI is InChI=1S/C11H20N2O2/c1-4-15-9-5-8(11(9,2)3)13-6-7(12)10(13)14/h7-9H,4-6,12H2,1-3H3. The topological polar surface area (TPSA) is 55.6 Å². The Labute approximate surface area is 90.8 Å². The zero-order chi connectivity index (χ0) is 11.2. The molecule has 1 aliphatic heterocycles. The number of hydrogen-bond acceptors (Lipinski definition) is 3. The summed E-state index contributed by atoms with van der Waals surface area (Å²) in [5.41, 5.74) is 5.66. The average molecular weight is 212 g/mol. The van der Waals surface area contributed by atoms with Crippen LogP contribution in [0.25, 0.3) is 0 Å². The Morgan fingerprint density at radius 2 is 2.27 bits per heavy atom. The van der Waals surface area contributed by atoms with E-state index in [0.717, 1.165) is 13.0 Å². The molecule has 1 heterocycles. The Kier molecular flexibility index (Phi) is 2.51. The van der Waals surface area contributed by atoms with Crippen molar-refractivity contribution in [3.8, 4) is 0 Å². The first-order valence-corrected chi connectivity index (χ1v) is 5.66. The maximum atomic E-state index is 11.5. The van der Waals surface area contributed by atoms with Crippen molar-refractivity contribution < 1.29 is 9.53 Å². The van der Waals surface area contributed by atoms with Gasteiger partial charge in [-0.3, -0.25) is 4.79 Å². The third-order valence-electron chi connectivity index (χ3n) is 3.86. The van der Waals surface area contributed by atoms with Gasteiger partial charge in [-0.15, -0.1) is 0 Å². The van der Waals surface area contributed by atoms with E-state index in [1.807, 2.05) is 11.8 Å². The third-order valence-corrected chi connectivity index (χ3v) is 3.86. The van der Waals surface area contributed by atoms with E-state index in [0.29, 0.717) is 12.6 Å². The number of carbonyl (C=O) groups is 1. The van der Waals surface area contributed by atoms with Crippen molar-refractivity contribution in [2.45, 2.75) is 45.4 Å². The van der Waals surface area contributed by atoms with Crippen molar-refractivity contribution >= 4 is 5.91 Å². The van der Waals surface area contributed by atoms with Crippen molar-refractivity contribution in [2.75, 3.05) is 13.2 Å². The van der Waals surface area contributed by atoms with Gasteiger partial charge < -0.3 is 15.4 Å². The molecule has 86 valence electrons. The molecule has 0 aromatic carbocycles. The van der Waals surface area contributed by atoms with Gasteiger partial charge in [0.05, 0.1) is 6.10 Å². The Bertz CT molecular complexity index is 278. The number of nitrogens with two attached hydrogens (primary N) is 1. The summed E-state index contributed by atoms with van der Waals surface area (Å²) in [6.07, 6.45) is 1.25. The summed E-state index contributed by atoms with van der Waals surface area (Å²) < 4.78 is 5.63. The largest absolute Gasteiger partial charge is 0.378 e. The zero-order valence-electron chi connectivity index (χ0n) is 9.69. The van der Waals surface area contributed by atoms with E-state index >= 15 is 0 Å². The molecule has 15 heavy (non-hydrogen) atoms. The van der Waals surface area contributed by atoms with Gasteiger partial charge in [0.25, 0.3) is 0 Å². The van der Waals surface area contributed by atoms with Crippen LogP contribution in [-0.4, -0.2) is 42.1 Å². The smallest absolute Gasteiger partial charge is 0.241 e. The van der Waals surface area contributed by atoms with Crippen molar-refractivity contribution in [1.29, 1.82) is 0 Å². The lowest BCUT2D eigenvalue weighted by molar-refractivity contribution is -0.181. The molecule has 0 aromatic rings. The molecule has 1 saturated heterocycles. The number of likely N-dealkylation sites (tertiary alicyclic amines) is 1. The summed E-state index contributed by atoms with van der Waals surface area (Å²) >= 11 is 0. The average Bonchev–Trinajstić information content (AvgIpc) is 2.21. The minimum absolute atomic E-state index is 0.0752. The van der Waals surface area contributed by atoms with Gasteiger partial charge >= 0.3 is 0 Å². The van der Waals surface area contributed by atoms with E-state index in [9.17, 15) is 4.79 Å². The molecule has 4 nitrogen and oxygen atoms in total. The highest BCUT2D eigenvalue weighted by Crippen LogP contribution is 2.47. The van der Waals surface area contributed by atoms with Crippen molar-refractivity contribution in [3.63, 3.8) is 0 Å². The maximum absolute atomic E-state index is 11.5. The lowest BCUT2D eigenvalue weighted by Crippen LogP contribution is -2.72. The molecule has 1 saturated carbocycles. The molecule has 3 atom stereocenters. The molecule has 0 bridgehead atoms. The Hall–Kier alpha value is -0.610. The van der Waals surface area contributed by atoms with Crippen LogP contribution in [0.2, 0.25) is 0 Å². The van der Waals surface area contributed by atoms with Gasteiger partial charge in [0.2, 0.25) is 5.91 Å². The second kappa shape index (κ2) is 3.46. The molecule has 0 spiro atoms. The molecule has 3 unspecified atom stereocenters. The van der Waals surface area contributed by atoms with Gasteiger partial charge in [-0.1, -0.05) is 13.8 Å². The van der Waals surface area contributed by atoms with E-state index in [1.54, 1.807) is 0 Å². The van der Waals surface area contributed by atoms with Crippen LogP contribution in [0.1, 0.15) is 27.2 Å². The van der Waals surface area contributed by atoms with Gasteiger partial charge in [-0.2, -0.15) is 0 Å². The van der Waals surface area contributed by atoms with Crippen LogP contribution in [0.4, 0.5) is 0 Å². The minimum atomic E-state index is -0.257. The Balaban J connectivity index is 1.95. The monoisotopic (exact) mass is 212 g/mol. The summed E-state index contributed by atoms with van der Waals surface area (Å²) in [6, 6.07) is 0.0632. The van der Waals surface area contributed by atoms with Crippen LogP contribution in [0.15, 0.2) is 0 Å². The van der Waals surface area contributed by atoms with E-state index in [1.165, 1.54) is 0 Å². The molecule has 1 amide bonds. The fraction of sp³-hybridized carbons (Fsp3) is 0.909. The maximum Gasteiger partial charge on any atom is 0.241 e. The number of nitrogens with zero attached hydrogens (tertiary/aromatic N) is 1. The van der Waals surface area contributed by atoms with Crippen molar-refractivity contribution in [2.24, 2.45) is 11.1 Å². The fourth-order valence-corrected chi connectivity index (χ4v) is 2.64. The number of β-lactam (4-membered cyclic amide) rings is 1. The van der Waals surface area contributed by atoms with E-state index < -0.39 is 0 Å². The van der Waals surface area contributed by atoms with Gasteiger partial charge in [0.15, 0.2) is 0 Å². The van der Waals surface area contributed by atoms with E-state index in [4.69, 9.17) is 10.5 Å². The molecule has 2 rings (SSSR count). The SMILES string of the molecule is CCOC1CC(N2CC(N)C2=O)C1(C)C. The quantitative estimate of drug-likeness (QED) is 0.687. The molecule has 0 aromatic heterocycles. The molecule has 0 radical (unpaired) electrons. The Morgan fingerprint density at radius 1 is 1.60 bits per heavy atom. The summed E-state index contributed by atoms with van der Waals surface area (Å²) in [5.74, 6) is 0.100. The van der Waals surface area contributed by atoms with Crippen LogP contribution >= 0.6 is 0 Å². The van der Waals surface area contributed by atoms with Crippen molar-refractivity contribution in [3.05, 3.63) is 0 Å². The molecule has 2 N–H and O–H groups in total. The van der Waals surface area contributed by atoms with Crippen LogP contribution in [-0.2, 0) is 9.53 Å². The van der Waals surface area contributed by atoms with Crippen LogP contribution in [0, 0.1) is 5.41 Å². The predicted octanol–water partition coefficient (Wildman–Crippen LogP) is 0.359. The predicted molar refractivity (Wildman–Crippen MR) is 57.3 cm³/mol. The third kappa shape index (κ3) is 1.47. The van der Waals surface area contributed by atoms with Crippen LogP contribution in [0.3, 0.4) is 0 Å². The molecule has 2 aliphatic rings. The lowest BCUT2D eigenvalue weighted by Gasteiger charge is -2.58. The summed E-state index contributed by atoms with van der Waals surface area (Å²) in [6.45, 7) is 7.80. The summed E-state index contributed by atoms with van der Waals surface area (Å²) in [5, 5.41) is 0. The minimum Gasteiger partial charge on any atom is -0.378 e. The summed E-state index contributed by atoms with van der Waals surface area (Å²) in [7, 11) is 0. The number of hydrogen-bond donors (Lipinski definition) is 1. The van der Waals surface area contributed by atoms with Crippen molar-refractivity contribution in [1.82, 2.24) is 4.90 Å². The second-order valence-corrected chi connectivity index (χ2v) is 5.11. The zero-order valence-corrected chi connectivity index (χ0v) is 9.69. The molecular weight excluding hydrogens is 192 g/mol. The molecule has 1 aliphatic carbocycles. The van der Waals surface area contributed by atoms with Gasteiger partial charge in [0.1, 0.15) is 6.04 Å². The Morgan fingerprint density at radius 3 is 2.67 bits per heavy atom. The van der Waals surface area contributed by atoms with E-state index in [2.05, 4.69) is 13.8 Å². The second-order valence-electron chi connectivity index (χ2n) is 5.11. The van der Waals surface area contributed by atoms with E-state index in [-0.39, 0.29) is 23.5 Å². The summed E-state index contributed by atoms with van der Waals surface area (Å²) in [4.78, 5) is 13.4. The number of carbonyl (C=O) groups excluding carboxylic acids is 1. The fourth-order valence-electron chi connectivity index (χ4n) is 2.64. The molecule has 2 fully saturated rings. The first-order chi connectivity index (χ1) is 6.98. The van der Waals surface area contributed by atoms with Crippen LogP contribution < -0.4 is 5.73 Å².